The van der Waals surface area contributed by atoms with Gasteiger partial charge in [0.15, 0.2) is 0 Å². The molecule has 2 aromatic rings. The molecule has 0 aliphatic heterocycles. The van der Waals surface area contributed by atoms with Gasteiger partial charge in [0, 0.05) is 17.6 Å². The molecule has 1 aromatic heterocycles. The molecule has 94 valence electrons. The summed E-state index contributed by atoms with van der Waals surface area (Å²) in [5.74, 6) is 0.925. The Morgan fingerprint density at radius 3 is 3.00 bits per heavy atom. The minimum absolute atomic E-state index is 0.699. The van der Waals surface area contributed by atoms with Gasteiger partial charge < -0.3 is 5.32 Å². The summed E-state index contributed by atoms with van der Waals surface area (Å²) < 4.78 is 0. The molecule has 1 aliphatic rings. The number of hydrogen-bond donors (Lipinski definition) is 1. The maximum atomic E-state index is 4.42. The zero-order chi connectivity index (χ0) is 12.4. The van der Waals surface area contributed by atoms with Gasteiger partial charge in [-0.15, -0.1) is 0 Å². The maximum absolute atomic E-state index is 4.42. The van der Waals surface area contributed by atoms with Crippen LogP contribution in [0.2, 0.25) is 0 Å². The van der Waals surface area contributed by atoms with E-state index in [9.17, 15) is 0 Å². The molecule has 0 bridgehead atoms. The van der Waals surface area contributed by atoms with Crippen LogP contribution in [0.4, 0.5) is 0 Å². The smallest absolute Gasteiger partial charge is 0.0704 e. The van der Waals surface area contributed by atoms with Gasteiger partial charge in [-0.3, -0.25) is 4.98 Å². The lowest BCUT2D eigenvalue weighted by atomic mass is 10.0. The zero-order valence-electron chi connectivity index (χ0n) is 10.9. The number of pyridine rings is 1. The predicted molar refractivity (Wildman–Crippen MR) is 75.6 cm³/mol. The topological polar surface area (TPSA) is 24.9 Å². The summed E-state index contributed by atoms with van der Waals surface area (Å²) in [6, 6.07) is 11.5. The molecule has 1 N–H and O–H groups in total. The highest BCUT2D eigenvalue weighted by Crippen LogP contribution is 2.34. The van der Waals surface area contributed by atoms with Crippen LogP contribution < -0.4 is 5.32 Å². The first-order valence-electron chi connectivity index (χ1n) is 6.88. The van der Waals surface area contributed by atoms with Gasteiger partial charge in [0.2, 0.25) is 0 Å². The number of hydrogen-bond acceptors (Lipinski definition) is 2. The molecule has 0 saturated heterocycles. The van der Waals surface area contributed by atoms with E-state index in [1.807, 2.05) is 12.3 Å². The van der Waals surface area contributed by atoms with Gasteiger partial charge >= 0.3 is 0 Å². The van der Waals surface area contributed by atoms with Gasteiger partial charge in [0.1, 0.15) is 0 Å². The molecule has 2 heteroatoms. The van der Waals surface area contributed by atoms with E-state index in [1.54, 1.807) is 0 Å². The first kappa shape index (κ1) is 11.7. The van der Waals surface area contributed by atoms with Gasteiger partial charge in [-0.05, 0) is 56.3 Å². The van der Waals surface area contributed by atoms with Gasteiger partial charge in [-0.2, -0.15) is 0 Å². The summed E-state index contributed by atoms with van der Waals surface area (Å²) in [4.78, 5) is 4.42. The monoisotopic (exact) mass is 240 g/mol. The molecule has 2 nitrogen and oxygen atoms in total. The Balaban J connectivity index is 1.70. The number of nitrogens with one attached hydrogen (secondary N) is 1. The van der Waals surface area contributed by atoms with E-state index in [-0.39, 0.29) is 0 Å². The third-order valence-corrected chi connectivity index (χ3v) is 3.98. The van der Waals surface area contributed by atoms with Crippen molar-refractivity contribution < 1.29 is 0 Å². The lowest BCUT2D eigenvalue weighted by Crippen LogP contribution is -2.27. The molecule has 3 rings (SSSR count). The first-order valence-corrected chi connectivity index (χ1v) is 6.88. The Morgan fingerprint density at radius 2 is 2.22 bits per heavy atom. The van der Waals surface area contributed by atoms with Crippen molar-refractivity contribution in [1.29, 1.82) is 0 Å². The highest BCUT2D eigenvalue weighted by atomic mass is 14.9. The van der Waals surface area contributed by atoms with E-state index < -0.39 is 0 Å². The fraction of sp³-hybridized carbons (Fsp3) is 0.438. The summed E-state index contributed by atoms with van der Waals surface area (Å²) in [5.41, 5.74) is 2.52. The van der Waals surface area contributed by atoms with Crippen molar-refractivity contribution in [2.75, 3.05) is 7.05 Å². The van der Waals surface area contributed by atoms with E-state index in [1.165, 1.54) is 30.2 Å². The Morgan fingerprint density at radius 1 is 1.33 bits per heavy atom. The quantitative estimate of drug-likeness (QED) is 0.868. The van der Waals surface area contributed by atoms with Crippen molar-refractivity contribution >= 4 is 10.9 Å². The lowest BCUT2D eigenvalue weighted by Gasteiger charge is -2.15. The average molecular weight is 240 g/mol. The average Bonchev–Trinajstić information content (AvgIpc) is 3.24. The van der Waals surface area contributed by atoms with E-state index in [0.29, 0.717) is 6.04 Å². The van der Waals surface area contributed by atoms with Gasteiger partial charge in [-0.25, -0.2) is 0 Å². The van der Waals surface area contributed by atoms with Crippen LogP contribution in [0, 0.1) is 5.92 Å². The van der Waals surface area contributed by atoms with Crippen molar-refractivity contribution in [1.82, 2.24) is 10.3 Å². The Kier molecular flexibility index (Phi) is 3.28. The van der Waals surface area contributed by atoms with Crippen LogP contribution in [0.3, 0.4) is 0 Å². The number of fused-ring (bicyclic) bond motifs is 1. The highest BCUT2D eigenvalue weighted by Gasteiger charge is 2.29. The third kappa shape index (κ3) is 2.54. The third-order valence-electron chi connectivity index (χ3n) is 3.98. The molecular weight excluding hydrogens is 220 g/mol. The van der Waals surface area contributed by atoms with E-state index >= 15 is 0 Å². The van der Waals surface area contributed by atoms with Gasteiger partial charge in [-0.1, -0.05) is 18.2 Å². The van der Waals surface area contributed by atoms with Crippen LogP contribution in [0.15, 0.2) is 36.5 Å². The highest BCUT2D eigenvalue weighted by molar-refractivity contribution is 5.78. The lowest BCUT2D eigenvalue weighted by molar-refractivity contribution is 0.470. The van der Waals surface area contributed by atoms with Crippen molar-refractivity contribution in [3.63, 3.8) is 0 Å². The largest absolute Gasteiger partial charge is 0.317 e. The second kappa shape index (κ2) is 5.07. The predicted octanol–water partition coefficient (Wildman–Crippen LogP) is 3.17. The molecule has 0 amide bonds. The summed E-state index contributed by atoms with van der Waals surface area (Å²) in [7, 11) is 2.09. The number of rotatable bonds is 5. The fourth-order valence-corrected chi connectivity index (χ4v) is 2.70. The van der Waals surface area contributed by atoms with Crippen LogP contribution in [-0.2, 0) is 6.42 Å². The Labute approximate surface area is 108 Å². The molecule has 1 saturated carbocycles. The summed E-state index contributed by atoms with van der Waals surface area (Å²) in [6.45, 7) is 0. The molecule has 1 fully saturated rings. The van der Waals surface area contributed by atoms with Gasteiger partial charge in [0.25, 0.3) is 0 Å². The SMILES string of the molecule is CNC(CCc1ccc2cccnc2c1)C1CC1. The number of benzene rings is 1. The van der Waals surface area contributed by atoms with Gasteiger partial charge in [0.05, 0.1) is 5.52 Å². The molecule has 1 heterocycles. The zero-order valence-corrected chi connectivity index (χ0v) is 10.9. The number of aryl methyl sites for hydroxylation is 1. The van der Waals surface area contributed by atoms with Crippen LogP contribution in [-0.4, -0.2) is 18.1 Å². The second-order valence-corrected chi connectivity index (χ2v) is 5.30. The minimum atomic E-state index is 0.699. The summed E-state index contributed by atoms with van der Waals surface area (Å²) >= 11 is 0. The van der Waals surface area contributed by atoms with E-state index in [0.717, 1.165) is 17.9 Å². The van der Waals surface area contributed by atoms with E-state index in [4.69, 9.17) is 0 Å². The minimum Gasteiger partial charge on any atom is -0.317 e. The number of aromatic nitrogens is 1. The van der Waals surface area contributed by atoms with Crippen molar-refractivity contribution in [3.05, 3.63) is 42.1 Å². The first-order chi connectivity index (χ1) is 8.86. The number of nitrogens with zero attached hydrogens (tertiary/aromatic N) is 1. The molecule has 0 spiro atoms. The maximum Gasteiger partial charge on any atom is 0.0704 e. The Hall–Kier alpha value is -1.41. The van der Waals surface area contributed by atoms with Crippen LogP contribution in [0.25, 0.3) is 10.9 Å². The van der Waals surface area contributed by atoms with Crippen molar-refractivity contribution in [2.24, 2.45) is 5.92 Å². The Bertz CT molecular complexity index is 531. The van der Waals surface area contributed by atoms with Crippen LogP contribution >= 0.6 is 0 Å². The molecule has 1 aliphatic carbocycles. The molecule has 18 heavy (non-hydrogen) atoms. The molecule has 1 unspecified atom stereocenters. The standard InChI is InChI=1S/C16H20N2/c1-17-15(14-7-8-14)9-5-12-4-6-13-3-2-10-18-16(13)11-12/h2-4,6,10-11,14-15,17H,5,7-9H2,1H3. The summed E-state index contributed by atoms with van der Waals surface area (Å²) in [5, 5.41) is 4.69. The molecular formula is C16H20N2. The van der Waals surface area contributed by atoms with Crippen molar-refractivity contribution in [3.8, 4) is 0 Å². The van der Waals surface area contributed by atoms with Crippen LogP contribution in [0.5, 0.6) is 0 Å². The second-order valence-electron chi connectivity index (χ2n) is 5.30. The molecule has 1 aromatic carbocycles. The van der Waals surface area contributed by atoms with Crippen molar-refractivity contribution in [2.45, 2.75) is 31.7 Å². The van der Waals surface area contributed by atoms with Crippen LogP contribution in [0.1, 0.15) is 24.8 Å². The summed E-state index contributed by atoms with van der Waals surface area (Å²) in [6.07, 6.45) is 7.07. The molecule has 1 atom stereocenters. The normalized spacial score (nSPS) is 16.9. The fourth-order valence-electron chi connectivity index (χ4n) is 2.70. The molecule has 0 radical (unpaired) electrons. The van der Waals surface area contributed by atoms with E-state index in [2.05, 4.69) is 41.6 Å².